The Morgan fingerprint density at radius 3 is 2.24 bits per heavy atom. The van der Waals surface area contributed by atoms with E-state index >= 15 is 0 Å². The van der Waals surface area contributed by atoms with Gasteiger partial charge in [-0.1, -0.05) is 41.5 Å². The van der Waals surface area contributed by atoms with E-state index in [1.807, 2.05) is 0 Å². The van der Waals surface area contributed by atoms with Gasteiger partial charge in [0.1, 0.15) is 5.78 Å². The standard InChI is InChI=1S/C30H48O3/c1-7-26(4)19-8-11-28(6)20(27(19,5)12-10-23(26)31)9-13-30-21(28)16-24(32)29(18-33-30)15-14-25(2,3)17-22(29)30/h19-23,31H,7-18H2,1-6H3. The van der Waals surface area contributed by atoms with Crippen LogP contribution in [0.5, 0.6) is 0 Å². The van der Waals surface area contributed by atoms with Gasteiger partial charge in [-0.3, -0.25) is 4.79 Å². The molecule has 10 atom stereocenters. The van der Waals surface area contributed by atoms with Crippen molar-refractivity contribution in [2.45, 2.75) is 124 Å². The van der Waals surface area contributed by atoms with Gasteiger partial charge in [0.15, 0.2) is 0 Å². The van der Waals surface area contributed by atoms with Crippen LogP contribution in [-0.4, -0.2) is 29.2 Å². The molecule has 33 heavy (non-hydrogen) atoms. The molecule has 1 heterocycles. The van der Waals surface area contributed by atoms with Crippen LogP contribution >= 0.6 is 0 Å². The number of Topliss-reactive ketones (excluding diaryl/α,β-unsaturated/α-hetero) is 1. The molecule has 1 N–H and O–H groups in total. The molecule has 0 amide bonds. The van der Waals surface area contributed by atoms with Gasteiger partial charge in [-0.2, -0.15) is 0 Å². The molecule has 3 nitrogen and oxygen atoms in total. The minimum Gasteiger partial charge on any atom is -0.393 e. The van der Waals surface area contributed by atoms with Crippen LogP contribution in [0.1, 0.15) is 112 Å². The summed E-state index contributed by atoms with van der Waals surface area (Å²) in [5, 5.41) is 11.1. The predicted octanol–water partition coefficient (Wildman–Crippen LogP) is 6.56. The molecular weight excluding hydrogens is 408 g/mol. The number of aliphatic hydroxyl groups is 1. The van der Waals surface area contributed by atoms with Gasteiger partial charge in [0.2, 0.25) is 0 Å². The number of carbonyl (C=O) groups is 1. The molecule has 10 unspecified atom stereocenters. The number of hydrogen-bond acceptors (Lipinski definition) is 3. The molecule has 3 heteroatoms. The van der Waals surface area contributed by atoms with Gasteiger partial charge in [-0.05, 0) is 97.7 Å². The minimum atomic E-state index is -0.175. The summed E-state index contributed by atoms with van der Waals surface area (Å²) < 4.78 is 6.97. The number of ether oxygens (including phenoxy) is 1. The summed E-state index contributed by atoms with van der Waals surface area (Å²) in [6, 6.07) is 0. The zero-order valence-electron chi connectivity index (χ0n) is 22.1. The minimum absolute atomic E-state index is 0.0260. The summed E-state index contributed by atoms with van der Waals surface area (Å²) in [6.45, 7) is 15.3. The van der Waals surface area contributed by atoms with Crippen molar-refractivity contribution in [2.24, 2.45) is 50.7 Å². The molecule has 1 aliphatic heterocycles. The molecule has 0 aromatic carbocycles. The Bertz CT molecular complexity index is 865. The third-order valence-corrected chi connectivity index (χ3v) is 13.6. The third-order valence-electron chi connectivity index (χ3n) is 13.6. The van der Waals surface area contributed by atoms with E-state index in [1.165, 1.54) is 19.3 Å². The summed E-state index contributed by atoms with van der Waals surface area (Å²) in [5.41, 5.74) is 0.544. The van der Waals surface area contributed by atoms with Crippen molar-refractivity contribution in [3.05, 3.63) is 0 Å². The molecule has 1 spiro atoms. The van der Waals surface area contributed by atoms with Gasteiger partial charge in [0.25, 0.3) is 0 Å². The Labute approximate surface area is 201 Å². The molecule has 1 saturated heterocycles. The fourth-order valence-corrected chi connectivity index (χ4v) is 11.6. The third kappa shape index (κ3) is 2.58. The second-order valence-corrected chi connectivity index (χ2v) is 15.1. The van der Waals surface area contributed by atoms with Gasteiger partial charge in [0, 0.05) is 18.3 Å². The lowest BCUT2D eigenvalue weighted by Crippen LogP contribution is -2.69. The number of fused-ring (bicyclic) bond motifs is 4. The predicted molar refractivity (Wildman–Crippen MR) is 131 cm³/mol. The van der Waals surface area contributed by atoms with E-state index in [1.54, 1.807) is 0 Å². The first-order chi connectivity index (χ1) is 15.4. The fraction of sp³-hybridized carbons (Fsp3) is 0.967. The van der Waals surface area contributed by atoms with Crippen LogP contribution in [0.25, 0.3) is 0 Å². The molecule has 2 bridgehead atoms. The zero-order valence-corrected chi connectivity index (χ0v) is 22.1. The summed E-state index contributed by atoms with van der Waals surface area (Å²) in [4.78, 5) is 13.9. The molecule has 0 radical (unpaired) electrons. The maximum Gasteiger partial charge on any atom is 0.142 e. The highest BCUT2D eigenvalue weighted by Crippen LogP contribution is 2.76. The first-order valence-electron chi connectivity index (χ1n) is 14.2. The number of aliphatic hydroxyl groups excluding tert-OH is 1. The van der Waals surface area contributed by atoms with Crippen LogP contribution in [0.2, 0.25) is 0 Å². The molecule has 0 aromatic rings. The van der Waals surface area contributed by atoms with Gasteiger partial charge < -0.3 is 9.84 Å². The van der Waals surface area contributed by atoms with Crippen molar-refractivity contribution in [2.75, 3.05) is 6.61 Å². The zero-order chi connectivity index (χ0) is 23.7. The topological polar surface area (TPSA) is 46.5 Å². The number of hydrogen-bond donors (Lipinski definition) is 1. The fourth-order valence-electron chi connectivity index (χ4n) is 11.6. The summed E-state index contributed by atoms with van der Waals surface area (Å²) in [7, 11) is 0. The summed E-state index contributed by atoms with van der Waals surface area (Å²) in [5.74, 6) is 2.58. The number of rotatable bonds is 1. The second kappa shape index (κ2) is 6.67. The van der Waals surface area contributed by atoms with E-state index < -0.39 is 0 Å². The summed E-state index contributed by atoms with van der Waals surface area (Å²) >= 11 is 0. The van der Waals surface area contributed by atoms with Crippen LogP contribution in [0, 0.1) is 50.7 Å². The van der Waals surface area contributed by atoms with Crippen LogP contribution < -0.4 is 0 Å². The Hall–Kier alpha value is -0.410. The van der Waals surface area contributed by atoms with Crippen molar-refractivity contribution >= 4 is 5.78 Å². The van der Waals surface area contributed by atoms with Gasteiger partial charge in [0.05, 0.1) is 23.7 Å². The maximum atomic E-state index is 13.9. The average Bonchev–Trinajstić information content (AvgIpc) is 3.00. The molecule has 5 aliphatic carbocycles. The van der Waals surface area contributed by atoms with Crippen LogP contribution in [0.4, 0.5) is 0 Å². The smallest absolute Gasteiger partial charge is 0.142 e. The van der Waals surface area contributed by atoms with E-state index in [-0.39, 0.29) is 33.4 Å². The Morgan fingerprint density at radius 1 is 0.848 bits per heavy atom. The molecular formula is C30H48O3. The highest BCUT2D eigenvalue weighted by Gasteiger charge is 2.75. The Morgan fingerprint density at radius 2 is 1.52 bits per heavy atom. The van der Waals surface area contributed by atoms with Crippen molar-refractivity contribution in [1.29, 1.82) is 0 Å². The molecule has 5 saturated carbocycles. The van der Waals surface area contributed by atoms with Crippen molar-refractivity contribution in [3.8, 4) is 0 Å². The van der Waals surface area contributed by atoms with Crippen LogP contribution in [-0.2, 0) is 9.53 Å². The molecule has 6 aliphatic rings. The Balaban J connectivity index is 1.41. The first kappa shape index (κ1) is 23.0. The number of ketones is 1. The second-order valence-electron chi connectivity index (χ2n) is 15.1. The van der Waals surface area contributed by atoms with Crippen LogP contribution in [0.15, 0.2) is 0 Å². The van der Waals surface area contributed by atoms with Crippen LogP contribution in [0.3, 0.4) is 0 Å². The normalized spacial score (nSPS) is 59.2. The first-order valence-corrected chi connectivity index (χ1v) is 14.2. The highest BCUT2D eigenvalue weighted by molar-refractivity contribution is 5.88. The van der Waals surface area contributed by atoms with Gasteiger partial charge in [-0.25, -0.2) is 0 Å². The highest BCUT2D eigenvalue weighted by atomic mass is 16.5. The maximum absolute atomic E-state index is 13.9. The van der Waals surface area contributed by atoms with Crippen molar-refractivity contribution in [1.82, 2.24) is 0 Å². The van der Waals surface area contributed by atoms with Gasteiger partial charge >= 0.3 is 0 Å². The van der Waals surface area contributed by atoms with E-state index in [4.69, 9.17) is 4.74 Å². The molecule has 186 valence electrons. The quantitative estimate of drug-likeness (QED) is 0.486. The molecule has 6 rings (SSSR count). The van der Waals surface area contributed by atoms with E-state index in [0.717, 1.165) is 51.4 Å². The van der Waals surface area contributed by atoms with E-state index in [9.17, 15) is 9.90 Å². The van der Waals surface area contributed by atoms with Crippen molar-refractivity contribution in [3.63, 3.8) is 0 Å². The number of carbonyl (C=O) groups excluding carboxylic acids is 1. The molecule has 0 aromatic heterocycles. The monoisotopic (exact) mass is 456 g/mol. The average molecular weight is 457 g/mol. The van der Waals surface area contributed by atoms with E-state index in [2.05, 4.69) is 41.5 Å². The van der Waals surface area contributed by atoms with Gasteiger partial charge in [-0.15, -0.1) is 0 Å². The molecule has 6 fully saturated rings. The lowest BCUT2D eigenvalue weighted by Gasteiger charge is -2.70. The lowest BCUT2D eigenvalue weighted by molar-refractivity contribution is -0.247. The largest absolute Gasteiger partial charge is 0.393 e. The SMILES string of the molecule is CCC1(C)C(O)CCC2(C)C1CCC1(C)C2CCC23OCC4(CCC(C)(C)CC42)C(=O)CC13. The van der Waals surface area contributed by atoms with Crippen molar-refractivity contribution < 1.29 is 14.6 Å². The Kier molecular flexibility index (Phi) is 4.65. The summed E-state index contributed by atoms with van der Waals surface area (Å²) in [6.07, 6.45) is 11.9. The van der Waals surface area contributed by atoms with E-state index in [0.29, 0.717) is 41.5 Å². The lowest BCUT2D eigenvalue weighted by atomic mass is 9.34.